The molecule has 0 fully saturated rings. The fraction of sp³-hybridized carbons (Fsp3) is 0.0526. The summed E-state index contributed by atoms with van der Waals surface area (Å²) in [6, 6.07) is 15.6. The van der Waals surface area contributed by atoms with Crippen LogP contribution in [0.15, 0.2) is 60.9 Å². The first-order chi connectivity index (χ1) is 13.5. The SMILES string of the molecule is NC(=O)c1sc(-n2cnc3ccccc32)cc1OCc1ccccc1[N+](=O)[O-]. The fourth-order valence-corrected chi connectivity index (χ4v) is 3.80. The molecular formula is C19H14N4O4S. The predicted molar refractivity (Wildman–Crippen MR) is 105 cm³/mol. The van der Waals surface area contributed by atoms with Gasteiger partial charge in [0.15, 0.2) is 0 Å². The third-order valence-corrected chi connectivity index (χ3v) is 5.30. The number of imidazole rings is 1. The van der Waals surface area contributed by atoms with Crippen molar-refractivity contribution in [1.82, 2.24) is 9.55 Å². The van der Waals surface area contributed by atoms with Gasteiger partial charge in [-0.15, -0.1) is 11.3 Å². The predicted octanol–water partition coefficient (Wildman–Crippen LogP) is 3.67. The van der Waals surface area contributed by atoms with Crippen LogP contribution in [0.25, 0.3) is 16.0 Å². The number of hydrogen-bond donors (Lipinski definition) is 1. The highest BCUT2D eigenvalue weighted by atomic mass is 32.1. The molecule has 9 heteroatoms. The van der Waals surface area contributed by atoms with E-state index in [-0.39, 0.29) is 22.9 Å². The molecule has 0 unspecified atom stereocenters. The van der Waals surface area contributed by atoms with Crippen molar-refractivity contribution in [2.75, 3.05) is 0 Å². The lowest BCUT2D eigenvalue weighted by Crippen LogP contribution is -2.10. The number of ether oxygens (including phenoxy) is 1. The zero-order valence-corrected chi connectivity index (χ0v) is 15.3. The highest BCUT2D eigenvalue weighted by Gasteiger charge is 2.19. The van der Waals surface area contributed by atoms with Crippen LogP contribution in [0.1, 0.15) is 15.2 Å². The molecule has 2 N–H and O–H groups in total. The fourth-order valence-electron chi connectivity index (χ4n) is 2.86. The first kappa shape index (κ1) is 17.7. The summed E-state index contributed by atoms with van der Waals surface area (Å²) in [5, 5.41) is 11.9. The summed E-state index contributed by atoms with van der Waals surface area (Å²) in [7, 11) is 0. The second kappa shape index (κ2) is 7.12. The number of carbonyl (C=O) groups excluding carboxylic acids is 1. The first-order valence-corrected chi connectivity index (χ1v) is 9.07. The Morgan fingerprint density at radius 3 is 2.75 bits per heavy atom. The Morgan fingerprint density at radius 1 is 1.21 bits per heavy atom. The van der Waals surface area contributed by atoms with Crippen LogP contribution < -0.4 is 10.5 Å². The lowest BCUT2D eigenvalue weighted by Gasteiger charge is -2.06. The number of nitrogens with two attached hydrogens (primary N) is 1. The van der Waals surface area contributed by atoms with E-state index in [2.05, 4.69) is 4.98 Å². The maximum absolute atomic E-state index is 11.9. The smallest absolute Gasteiger partial charge is 0.276 e. The highest BCUT2D eigenvalue weighted by molar-refractivity contribution is 7.16. The number of primary amides is 1. The molecule has 0 bridgehead atoms. The van der Waals surface area contributed by atoms with Crippen LogP contribution in [-0.4, -0.2) is 20.4 Å². The minimum absolute atomic E-state index is 0.0424. The Morgan fingerprint density at radius 2 is 1.96 bits per heavy atom. The number of para-hydroxylation sites is 3. The molecule has 0 aliphatic rings. The van der Waals surface area contributed by atoms with E-state index in [1.807, 2.05) is 28.8 Å². The van der Waals surface area contributed by atoms with Crippen LogP contribution in [0.3, 0.4) is 0 Å². The van der Waals surface area contributed by atoms with Crippen molar-refractivity contribution in [2.24, 2.45) is 5.73 Å². The van der Waals surface area contributed by atoms with Gasteiger partial charge in [-0.25, -0.2) is 4.98 Å². The third kappa shape index (κ3) is 3.19. The van der Waals surface area contributed by atoms with Gasteiger partial charge in [0.25, 0.3) is 11.6 Å². The summed E-state index contributed by atoms with van der Waals surface area (Å²) in [5.74, 6) is -0.346. The van der Waals surface area contributed by atoms with Crippen LogP contribution in [-0.2, 0) is 6.61 Å². The molecular weight excluding hydrogens is 380 g/mol. The van der Waals surface area contributed by atoms with Gasteiger partial charge >= 0.3 is 0 Å². The molecule has 8 nitrogen and oxygen atoms in total. The summed E-state index contributed by atoms with van der Waals surface area (Å²) < 4.78 is 7.58. The van der Waals surface area contributed by atoms with Gasteiger partial charge < -0.3 is 10.5 Å². The molecule has 1 amide bonds. The van der Waals surface area contributed by atoms with E-state index in [1.165, 1.54) is 17.4 Å². The van der Waals surface area contributed by atoms with Crippen LogP contribution in [0.4, 0.5) is 5.69 Å². The first-order valence-electron chi connectivity index (χ1n) is 8.26. The van der Waals surface area contributed by atoms with E-state index in [4.69, 9.17) is 10.5 Å². The number of fused-ring (bicyclic) bond motifs is 1. The Balaban J connectivity index is 1.68. The number of benzene rings is 2. The molecule has 0 aliphatic heterocycles. The third-order valence-electron chi connectivity index (χ3n) is 4.17. The number of thiophene rings is 1. The second-order valence-corrected chi connectivity index (χ2v) is 6.95. The number of nitro benzene ring substituents is 1. The zero-order chi connectivity index (χ0) is 19.7. The molecule has 28 heavy (non-hydrogen) atoms. The normalized spacial score (nSPS) is 10.9. The topological polar surface area (TPSA) is 113 Å². The molecule has 2 aromatic carbocycles. The van der Waals surface area contributed by atoms with Crippen molar-refractivity contribution in [3.05, 3.63) is 81.5 Å². The van der Waals surface area contributed by atoms with Crippen LogP contribution in [0.5, 0.6) is 5.75 Å². The number of amides is 1. The molecule has 0 atom stereocenters. The summed E-state index contributed by atoms with van der Waals surface area (Å²) in [6.07, 6.45) is 1.66. The molecule has 0 spiro atoms. The van der Waals surface area contributed by atoms with Crippen molar-refractivity contribution in [2.45, 2.75) is 6.61 Å². The standard InChI is InChI=1S/C19H14N4O4S/c20-19(24)18-16(27-10-12-5-1-3-7-14(12)23(25)26)9-17(28-18)22-11-21-13-6-2-4-8-15(13)22/h1-9,11H,10H2,(H2,20,24). The molecule has 2 heterocycles. The molecule has 0 saturated heterocycles. The van der Waals surface area contributed by atoms with E-state index in [9.17, 15) is 14.9 Å². The molecule has 0 saturated carbocycles. The molecule has 4 aromatic rings. The van der Waals surface area contributed by atoms with Gasteiger partial charge in [-0.1, -0.05) is 24.3 Å². The lowest BCUT2D eigenvalue weighted by molar-refractivity contribution is -0.385. The summed E-state index contributed by atoms with van der Waals surface area (Å²) >= 11 is 1.18. The van der Waals surface area contributed by atoms with Crippen LogP contribution >= 0.6 is 11.3 Å². The van der Waals surface area contributed by atoms with Gasteiger partial charge in [0, 0.05) is 12.1 Å². The largest absolute Gasteiger partial charge is 0.487 e. The average Bonchev–Trinajstić information content (AvgIpc) is 3.30. The lowest BCUT2D eigenvalue weighted by atomic mass is 10.2. The summed E-state index contributed by atoms with van der Waals surface area (Å²) in [4.78, 5) is 27.1. The van der Waals surface area contributed by atoms with Crippen LogP contribution in [0.2, 0.25) is 0 Å². The molecule has 0 aliphatic carbocycles. The van der Waals surface area contributed by atoms with Gasteiger partial charge in [0.05, 0.1) is 21.5 Å². The van der Waals surface area contributed by atoms with Crippen molar-refractivity contribution < 1.29 is 14.5 Å². The number of nitrogens with zero attached hydrogens (tertiary/aromatic N) is 3. The Hall–Kier alpha value is -3.72. The summed E-state index contributed by atoms with van der Waals surface area (Å²) in [6.45, 7) is -0.0573. The minimum Gasteiger partial charge on any atom is -0.487 e. The molecule has 2 aromatic heterocycles. The summed E-state index contributed by atoms with van der Waals surface area (Å²) in [5.41, 5.74) is 7.56. The number of aromatic nitrogens is 2. The Labute approximate surface area is 163 Å². The van der Waals surface area contributed by atoms with Crippen molar-refractivity contribution in [3.8, 4) is 10.8 Å². The van der Waals surface area contributed by atoms with Crippen LogP contribution in [0, 0.1) is 10.1 Å². The number of nitro groups is 1. The van der Waals surface area contributed by atoms with E-state index >= 15 is 0 Å². The van der Waals surface area contributed by atoms with E-state index < -0.39 is 10.8 Å². The molecule has 140 valence electrons. The highest BCUT2D eigenvalue weighted by Crippen LogP contribution is 2.34. The quantitative estimate of drug-likeness (QED) is 0.396. The van der Waals surface area contributed by atoms with E-state index in [0.29, 0.717) is 10.6 Å². The van der Waals surface area contributed by atoms with E-state index in [0.717, 1.165) is 11.0 Å². The monoisotopic (exact) mass is 394 g/mol. The Bertz CT molecular complexity index is 1200. The van der Waals surface area contributed by atoms with Gasteiger partial charge in [-0.2, -0.15) is 0 Å². The van der Waals surface area contributed by atoms with Gasteiger partial charge in [0.2, 0.25) is 0 Å². The van der Waals surface area contributed by atoms with Crippen molar-refractivity contribution in [3.63, 3.8) is 0 Å². The number of rotatable bonds is 6. The molecule has 0 radical (unpaired) electrons. The van der Waals surface area contributed by atoms with Gasteiger partial charge in [-0.3, -0.25) is 19.5 Å². The zero-order valence-electron chi connectivity index (χ0n) is 14.4. The molecule has 4 rings (SSSR count). The number of carbonyl (C=O) groups is 1. The maximum Gasteiger partial charge on any atom is 0.276 e. The average molecular weight is 394 g/mol. The second-order valence-electron chi connectivity index (χ2n) is 5.92. The maximum atomic E-state index is 11.9. The van der Waals surface area contributed by atoms with E-state index in [1.54, 1.807) is 30.6 Å². The van der Waals surface area contributed by atoms with Gasteiger partial charge in [0.1, 0.15) is 28.6 Å². The Kier molecular flexibility index (Phi) is 4.50. The van der Waals surface area contributed by atoms with Crippen molar-refractivity contribution in [1.29, 1.82) is 0 Å². The van der Waals surface area contributed by atoms with Gasteiger partial charge in [-0.05, 0) is 18.2 Å². The minimum atomic E-state index is -0.627. The van der Waals surface area contributed by atoms with Crippen molar-refractivity contribution >= 4 is 34.0 Å². The number of hydrogen-bond acceptors (Lipinski definition) is 6.